The molecule has 6 heteroatoms. The Bertz CT molecular complexity index is 547. The van der Waals surface area contributed by atoms with Crippen LogP contribution in [0.4, 0.5) is 5.82 Å². The zero-order valence-electron chi connectivity index (χ0n) is 10.1. The Balaban J connectivity index is 1.48. The predicted octanol–water partition coefficient (Wildman–Crippen LogP) is 1.51. The fourth-order valence-electron chi connectivity index (χ4n) is 2.67. The van der Waals surface area contributed by atoms with Crippen molar-refractivity contribution in [3.8, 4) is 0 Å². The molecule has 18 heavy (non-hydrogen) atoms. The average molecular weight is 244 g/mol. The highest BCUT2D eigenvalue weighted by atomic mass is 15.5. The van der Waals surface area contributed by atoms with Gasteiger partial charge in [0, 0.05) is 12.0 Å². The van der Waals surface area contributed by atoms with Crippen molar-refractivity contribution in [1.29, 1.82) is 0 Å². The Hall–Kier alpha value is -1.85. The molecule has 2 N–H and O–H groups in total. The van der Waals surface area contributed by atoms with Gasteiger partial charge in [-0.1, -0.05) is 0 Å². The number of nitrogens with zero attached hydrogens (tertiary/aromatic N) is 5. The topological polar surface area (TPSA) is 74.6 Å². The van der Waals surface area contributed by atoms with Gasteiger partial charge >= 0.3 is 0 Å². The smallest absolute Gasteiger partial charge is 0.122 e. The lowest BCUT2D eigenvalue weighted by atomic mass is 9.78. The first-order valence-electron chi connectivity index (χ1n) is 6.52. The van der Waals surface area contributed by atoms with Crippen molar-refractivity contribution < 1.29 is 0 Å². The van der Waals surface area contributed by atoms with Gasteiger partial charge in [0.05, 0.1) is 30.2 Å². The van der Waals surface area contributed by atoms with E-state index in [-0.39, 0.29) is 0 Å². The number of anilines is 1. The molecule has 0 spiro atoms. The second-order valence-corrected chi connectivity index (χ2v) is 5.34. The van der Waals surface area contributed by atoms with Crippen LogP contribution in [0.3, 0.4) is 0 Å². The molecule has 4 rings (SSSR count). The minimum Gasteiger partial charge on any atom is -0.384 e. The summed E-state index contributed by atoms with van der Waals surface area (Å²) in [4.78, 5) is 1.80. The molecule has 0 radical (unpaired) electrons. The Kier molecular flexibility index (Phi) is 2.00. The van der Waals surface area contributed by atoms with E-state index in [1.54, 1.807) is 17.2 Å². The fraction of sp³-hybridized carbons (Fsp3) is 0.583. The predicted molar refractivity (Wildman–Crippen MR) is 65.9 cm³/mol. The van der Waals surface area contributed by atoms with E-state index in [0.29, 0.717) is 18.0 Å². The van der Waals surface area contributed by atoms with E-state index in [1.807, 2.05) is 10.7 Å². The van der Waals surface area contributed by atoms with Crippen molar-refractivity contribution in [3.05, 3.63) is 24.2 Å². The van der Waals surface area contributed by atoms with Crippen LogP contribution in [-0.2, 0) is 0 Å². The van der Waals surface area contributed by atoms with E-state index >= 15 is 0 Å². The SMILES string of the molecule is Nc1cc(C2CC(n3nccn3)C2)nn1C1CC1. The van der Waals surface area contributed by atoms with Crippen molar-refractivity contribution in [2.24, 2.45) is 0 Å². The third-order valence-corrected chi connectivity index (χ3v) is 3.97. The molecule has 6 nitrogen and oxygen atoms in total. The van der Waals surface area contributed by atoms with Crippen LogP contribution >= 0.6 is 0 Å². The quantitative estimate of drug-likeness (QED) is 0.888. The first kappa shape index (κ1) is 10.1. The maximum absolute atomic E-state index is 6.00. The fourth-order valence-corrected chi connectivity index (χ4v) is 2.67. The number of rotatable bonds is 3. The van der Waals surface area contributed by atoms with Crippen LogP contribution in [0.2, 0.25) is 0 Å². The van der Waals surface area contributed by atoms with Gasteiger partial charge in [0.1, 0.15) is 5.82 Å². The summed E-state index contributed by atoms with van der Waals surface area (Å²) in [5.74, 6) is 1.33. The summed E-state index contributed by atoms with van der Waals surface area (Å²) in [7, 11) is 0. The van der Waals surface area contributed by atoms with Crippen LogP contribution in [0.1, 0.15) is 49.4 Å². The summed E-state index contributed by atoms with van der Waals surface area (Å²) >= 11 is 0. The van der Waals surface area contributed by atoms with E-state index < -0.39 is 0 Å². The Morgan fingerprint density at radius 1 is 1.11 bits per heavy atom. The summed E-state index contributed by atoms with van der Waals surface area (Å²) in [5.41, 5.74) is 7.14. The highest BCUT2D eigenvalue weighted by molar-refractivity contribution is 5.34. The molecule has 2 aliphatic rings. The molecule has 2 saturated carbocycles. The van der Waals surface area contributed by atoms with Gasteiger partial charge in [0.25, 0.3) is 0 Å². The third-order valence-electron chi connectivity index (χ3n) is 3.97. The molecule has 0 aromatic carbocycles. The molecule has 0 aliphatic heterocycles. The number of hydrogen-bond donors (Lipinski definition) is 1. The minimum absolute atomic E-state index is 0.428. The second kappa shape index (κ2) is 3.57. The molecule has 94 valence electrons. The van der Waals surface area contributed by atoms with Gasteiger partial charge in [-0.15, -0.1) is 0 Å². The molecule has 0 unspecified atom stereocenters. The van der Waals surface area contributed by atoms with Gasteiger partial charge in [-0.25, -0.2) is 4.68 Å². The highest BCUT2D eigenvalue weighted by Gasteiger charge is 2.36. The molecule has 2 aliphatic carbocycles. The molecule has 2 fully saturated rings. The molecular formula is C12H16N6. The van der Waals surface area contributed by atoms with Gasteiger partial charge < -0.3 is 5.73 Å². The first-order valence-corrected chi connectivity index (χ1v) is 6.52. The molecule has 0 saturated heterocycles. The minimum atomic E-state index is 0.428. The van der Waals surface area contributed by atoms with Crippen molar-refractivity contribution in [2.45, 2.75) is 43.7 Å². The Morgan fingerprint density at radius 2 is 1.83 bits per heavy atom. The summed E-state index contributed by atoms with van der Waals surface area (Å²) in [6, 6.07) is 3.02. The standard InChI is InChI=1S/C12H16N6/c13-12-7-11(16-17(12)9-1-2-9)8-5-10(6-8)18-14-3-4-15-18/h3-4,7-10H,1-2,5-6,13H2. The number of nitrogen functional groups attached to an aromatic ring is 1. The first-order chi connectivity index (χ1) is 8.81. The van der Waals surface area contributed by atoms with Gasteiger partial charge in [-0.05, 0) is 25.7 Å². The van der Waals surface area contributed by atoms with Crippen molar-refractivity contribution in [1.82, 2.24) is 24.8 Å². The van der Waals surface area contributed by atoms with Crippen LogP contribution in [-0.4, -0.2) is 24.8 Å². The van der Waals surface area contributed by atoms with Crippen LogP contribution in [0.5, 0.6) is 0 Å². The monoisotopic (exact) mass is 244 g/mol. The van der Waals surface area contributed by atoms with Crippen molar-refractivity contribution in [2.75, 3.05) is 5.73 Å². The lowest BCUT2D eigenvalue weighted by Crippen LogP contribution is -2.27. The van der Waals surface area contributed by atoms with E-state index in [2.05, 4.69) is 15.3 Å². The van der Waals surface area contributed by atoms with E-state index in [9.17, 15) is 0 Å². The molecule has 2 aromatic rings. The zero-order valence-corrected chi connectivity index (χ0v) is 10.1. The van der Waals surface area contributed by atoms with Crippen molar-refractivity contribution in [3.63, 3.8) is 0 Å². The van der Waals surface area contributed by atoms with Gasteiger partial charge in [-0.3, -0.25) is 0 Å². The molecule has 0 amide bonds. The number of nitrogens with two attached hydrogens (primary N) is 1. The lowest BCUT2D eigenvalue weighted by molar-refractivity contribution is 0.219. The number of hydrogen-bond acceptors (Lipinski definition) is 4. The molecule has 2 heterocycles. The lowest BCUT2D eigenvalue weighted by Gasteiger charge is -2.33. The molecular weight excluding hydrogens is 228 g/mol. The molecule has 0 bridgehead atoms. The Morgan fingerprint density at radius 3 is 2.50 bits per heavy atom. The van der Waals surface area contributed by atoms with E-state index in [1.165, 1.54) is 12.8 Å². The summed E-state index contributed by atoms with van der Waals surface area (Å²) < 4.78 is 1.99. The zero-order chi connectivity index (χ0) is 12.1. The van der Waals surface area contributed by atoms with E-state index in [4.69, 9.17) is 5.73 Å². The van der Waals surface area contributed by atoms with E-state index in [0.717, 1.165) is 24.4 Å². The van der Waals surface area contributed by atoms with Gasteiger partial charge in [-0.2, -0.15) is 20.1 Å². The second-order valence-electron chi connectivity index (χ2n) is 5.34. The van der Waals surface area contributed by atoms with Gasteiger partial charge in [0.2, 0.25) is 0 Å². The average Bonchev–Trinajstić information content (AvgIpc) is 2.86. The maximum atomic E-state index is 6.00. The van der Waals surface area contributed by atoms with Crippen molar-refractivity contribution >= 4 is 5.82 Å². The van der Waals surface area contributed by atoms with Crippen LogP contribution in [0, 0.1) is 0 Å². The van der Waals surface area contributed by atoms with Crippen LogP contribution in [0.15, 0.2) is 18.5 Å². The summed E-state index contributed by atoms with van der Waals surface area (Å²) in [6.07, 6.45) is 8.03. The maximum Gasteiger partial charge on any atom is 0.122 e. The van der Waals surface area contributed by atoms with Crippen LogP contribution < -0.4 is 5.73 Å². The number of aromatic nitrogens is 5. The van der Waals surface area contributed by atoms with Gasteiger partial charge in [0.15, 0.2) is 0 Å². The summed E-state index contributed by atoms with van der Waals surface area (Å²) in [6.45, 7) is 0. The molecule has 0 atom stereocenters. The highest BCUT2D eigenvalue weighted by Crippen LogP contribution is 2.45. The normalized spacial score (nSPS) is 27.1. The van der Waals surface area contributed by atoms with Crippen LogP contribution in [0.25, 0.3) is 0 Å². The largest absolute Gasteiger partial charge is 0.384 e. The Labute approximate surface area is 105 Å². The third kappa shape index (κ3) is 1.52. The summed E-state index contributed by atoms with van der Waals surface area (Å²) in [5, 5.41) is 13.0. The molecule has 2 aromatic heterocycles.